The Morgan fingerprint density at radius 1 is 1.19 bits per heavy atom. The lowest BCUT2D eigenvalue weighted by Crippen LogP contribution is -2.01. The molecule has 0 spiro atoms. The number of hydrogen-bond acceptors (Lipinski definition) is 4. The third kappa shape index (κ3) is 3.58. The van der Waals surface area contributed by atoms with Crippen LogP contribution in [0.4, 0.5) is 0 Å². The van der Waals surface area contributed by atoms with Crippen molar-refractivity contribution >= 4 is 19.4 Å². The number of rotatable bonds is 5. The van der Waals surface area contributed by atoms with E-state index in [1.54, 1.807) is 31.2 Å². The molecule has 0 unspecified atom stereocenters. The number of phosphoric ester groups is 1. The first-order valence-corrected chi connectivity index (χ1v) is 6.50. The largest absolute Gasteiger partial charge is 0.474 e. The quantitative estimate of drug-likeness (QED) is 0.759. The lowest BCUT2D eigenvalue weighted by Gasteiger charge is -2.18. The maximum atomic E-state index is 11.7. The first-order chi connectivity index (χ1) is 7.50. The minimum atomic E-state index is -3.45. The molecule has 1 aromatic carbocycles. The van der Waals surface area contributed by atoms with Gasteiger partial charge in [0.25, 0.3) is 0 Å². The van der Waals surface area contributed by atoms with Crippen LogP contribution in [0.2, 0.25) is 5.02 Å². The van der Waals surface area contributed by atoms with E-state index in [1.165, 1.54) is 14.2 Å². The van der Waals surface area contributed by atoms with Gasteiger partial charge in [0.15, 0.2) is 0 Å². The van der Waals surface area contributed by atoms with Crippen molar-refractivity contribution in [3.63, 3.8) is 0 Å². The van der Waals surface area contributed by atoms with Gasteiger partial charge in [-0.3, -0.25) is 13.6 Å². The van der Waals surface area contributed by atoms with Gasteiger partial charge in [-0.05, 0) is 24.6 Å². The fraction of sp³-hybridized carbons (Fsp3) is 0.400. The molecular weight excluding hydrogens is 251 g/mol. The number of benzene rings is 1. The molecule has 0 saturated carbocycles. The van der Waals surface area contributed by atoms with Crippen LogP contribution in [0, 0.1) is 0 Å². The summed E-state index contributed by atoms with van der Waals surface area (Å²) in [4.78, 5) is 0. The second kappa shape index (κ2) is 5.80. The zero-order valence-electron chi connectivity index (χ0n) is 9.34. The number of hydrogen-bond donors (Lipinski definition) is 0. The molecule has 0 heterocycles. The summed E-state index contributed by atoms with van der Waals surface area (Å²) >= 11 is 5.76. The standard InChI is InChI=1S/C10H14ClO4P/c1-8(15-16(12,13-2)14-3)9-4-6-10(11)7-5-9/h4-8H,1-3H3/t8-/m0/s1. The topological polar surface area (TPSA) is 44.8 Å². The van der Waals surface area contributed by atoms with E-state index in [9.17, 15) is 4.57 Å². The molecule has 6 heteroatoms. The highest BCUT2D eigenvalue weighted by molar-refractivity contribution is 7.48. The first-order valence-electron chi connectivity index (χ1n) is 4.66. The molecule has 1 rings (SSSR count). The summed E-state index contributed by atoms with van der Waals surface area (Å²) in [5.41, 5.74) is 0.846. The summed E-state index contributed by atoms with van der Waals surface area (Å²) in [6.45, 7) is 1.76. The summed E-state index contributed by atoms with van der Waals surface area (Å²) in [6, 6.07) is 7.06. The van der Waals surface area contributed by atoms with E-state index in [1.807, 2.05) is 0 Å². The van der Waals surface area contributed by atoms with Gasteiger partial charge >= 0.3 is 7.82 Å². The number of phosphoric acid groups is 1. The Labute approximate surface area is 100 Å². The van der Waals surface area contributed by atoms with Crippen molar-refractivity contribution < 1.29 is 18.1 Å². The van der Waals surface area contributed by atoms with Crippen LogP contribution in [-0.2, 0) is 18.1 Å². The Balaban J connectivity index is 2.75. The van der Waals surface area contributed by atoms with Crippen LogP contribution in [0.25, 0.3) is 0 Å². The van der Waals surface area contributed by atoms with Crippen molar-refractivity contribution in [3.8, 4) is 0 Å². The Bertz CT molecular complexity index is 371. The Hall–Kier alpha value is -0.380. The molecule has 0 fully saturated rings. The van der Waals surface area contributed by atoms with E-state index in [0.29, 0.717) is 5.02 Å². The minimum absolute atomic E-state index is 0.400. The Morgan fingerprint density at radius 2 is 1.69 bits per heavy atom. The maximum Gasteiger partial charge on any atom is 0.474 e. The van der Waals surface area contributed by atoms with Crippen molar-refractivity contribution in [3.05, 3.63) is 34.9 Å². The third-order valence-corrected chi connectivity index (χ3v) is 3.79. The minimum Gasteiger partial charge on any atom is -0.290 e. The summed E-state index contributed by atoms with van der Waals surface area (Å²) < 4.78 is 26.3. The van der Waals surface area contributed by atoms with Crippen LogP contribution in [0.1, 0.15) is 18.6 Å². The highest BCUT2D eigenvalue weighted by Gasteiger charge is 2.26. The van der Waals surface area contributed by atoms with E-state index in [2.05, 4.69) is 9.05 Å². The zero-order chi connectivity index (χ0) is 12.2. The van der Waals surface area contributed by atoms with E-state index in [4.69, 9.17) is 16.1 Å². The molecule has 0 N–H and O–H groups in total. The molecule has 1 atom stereocenters. The Kier molecular flexibility index (Phi) is 4.96. The highest BCUT2D eigenvalue weighted by atomic mass is 35.5. The summed E-state index contributed by atoms with van der Waals surface area (Å²) in [5.74, 6) is 0. The van der Waals surface area contributed by atoms with Gasteiger partial charge < -0.3 is 0 Å². The first kappa shape index (κ1) is 13.7. The SMILES string of the molecule is COP(=O)(OC)O[C@@H](C)c1ccc(Cl)cc1. The number of halogens is 1. The fourth-order valence-corrected chi connectivity index (χ4v) is 2.11. The molecule has 4 nitrogen and oxygen atoms in total. The van der Waals surface area contributed by atoms with Crippen molar-refractivity contribution in [1.82, 2.24) is 0 Å². The summed E-state index contributed by atoms with van der Waals surface area (Å²) in [5, 5.41) is 0.637. The monoisotopic (exact) mass is 264 g/mol. The highest BCUT2D eigenvalue weighted by Crippen LogP contribution is 2.51. The molecule has 0 aliphatic rings. The summed E-state index contributed by atoms with van der Waals surface area (Å²) in [7, 11) is -0.894. The smallest absolute Gasteiger partial charge is 0.290 e. The zero-order valence-corrected chi connectivity index (χ0v) is 11.0. The fourth-order valence-electron chi connectivity index (χ4n) is 1.15. The van der Waals surface area contributed by atoms with Crippen LogP contribution in [-0.4, -0.2) is 14.2 Å². The van der Waals surface area contributed by atoms with Gasteiger partial charge in [0, 0.05) is 19.2 Å². The van der Waals surface area contributed by atoms with Crippen molar-refractivity contribution in [2.75, 3.05) is 14.2 Å². The lowest BCUT2D eigenvalue weighted by molar-refractivity contribution is 0.114. The van der Waals surface area contributed by atoms with Gasteiger partial charge in [0.05, 0.1) is 6.10 Å². The molecule has 16 heavy (non-hydrogen) atoms. The predicted molar refractivity (Wildman–Crippen MR) is 62.6 cm³/mol. The van der Waals surface area contributed by atoms with Crippen molar-refractivity contribution in [2.45, 2.75) is 13.0 Å². The van der Waals surface area contributed by atoms with E-state index < -0.39 is 13.9 Å². The van der Waals surface area contributed by atoms with Crippen molar-refractivity contribution in [2.24, 2.45) is 0 Å². The van der Waals surface area contributed by atoms with Crippen LogP contribution < -0.4 is 0 Å². The van der Waals surface area contributed by atoms with Crippen LogP contribution in [0.3, 0.4) is 0 Å². The average Bonchev–Trinajstić information content (AvgIpc) is 2.29. The molecule has 90 valence electrons. The van der Waals surface area contributed by atoms with Crippen LogP contribution in [0.5, 0.6) is 0 Å². The lowest BCUT2D eigenvalue weighted by atomic mass is 10.1. The van der Waals surface area contributed by atoms with Gasteiger partial charge in [-0.25, -0.2) is 4.57 Å². The van der Waals surface area contributed by atoms with Crippen LogP contribution in [0.15, 0.2) is 24.3 Å². The molecule has 0 aliphatic carbocycles. The summed E-state index contributed by atoms with van der Waals surface area (Å²) in [6.07, 6.45) is -0.400. The molecular formula is C10H14ClO4P. The second-order valence-corrected chi connectivity index (χ2v) is 5.38. The van der Waals surface area contributed by atoms with Crippen molar-refractivity contribution in [1.29, 1.82) is 0 Å². The van der Waals surface area contributed by atoms with Gasteiger partial charge in [0.1, 0.15) is 0 Å². The maximum absolute atomic E-state index is 11.7. The molecule has 0 amide bonds. The average molecular weight is 265 g/mol. The second-order valence-electron chi connectivity index (χ2n) is 3.11. The molecule has 0 saturated heterocycles. The van der Waals surface area contributed by atoms with Gasteiger partial charge in [-0.15, -0.1) is 0 Å². The van der Waals surface area contributed by atoms with Crippen LogP contribution >= 0.6 is 19.4 Å². The van der Waals surface area contributed by atoms with E-state index in [0.717, 1.165) is 5.56 Å². The third-order valence-electron chi connectivity index (χ3n) is 2.07. The Morgan fingerprint density at radius 3 is 2.12 bits per heavy atom. The van der Waals surface area contributed by atoms with Gasteiger partial charge in [0.2, 0.25) is 0 Å². The molecule has 0 bridgehead atoms. The molecule has 0 aliphatic heterocycles. The predicted octanol–water partition coefficient (Wildman–Crippen LogP) is 3.82. The van der Waals surface area contributed by atoms with Gasteiger partial charge in [-0.2, -0.15) is 0 Å². The molecule has 0 radical (unpaired) electrons. The molecule has 0 aromatic heterocycles. The van der Waals surface area contributed by atoms with Gasteiger partial charge in [-0.1, -0.05) is 23.7 Å². The molecule has 1 aromatic rings. The normalized spacial score (nSPS) is 13.8. The van der Waals surface area contributed by atoms with E-state index >= 15 is 0 Å². The van der Waals surface area contributed by atoms with E-state index in [-0.39, 0.29) is 0 Å².